The van der Waals surface area contributed by atoms with E-state index in [2.05, 4.69) is 31.9 Å². The maximum Gasteiger partial charge on any atom is 0.0491 e. The van der Waals surface area contributed by atoms with Gasteiger partial charge in [0.15, 0.2) is 0 Å². The van der Waals surface area contributed by atoms with Gasteiger partial charge in [-0.15, -0.1) is 0 Å². The fourth-order valence-corrected chi connectivity index (χ4v) is 2.97. The molecule has 2 aliphatic heterocycles. The van der Waals surface area contributed by atoms with Gasteiger partial charge in [-0.1, -0.05) is 13.0 Å². The van der Waals surface area contributed by atoms with E-state index in [1.807, 2.05) is 0 Å². The quantitative estimate of drug-likeness (QED) is 0.643. The number of nitrogens with zero attached hydrogens (tertiary/aromatic N) is 2. The Labute approximate surface area is 93.1 Å². The smallest absolute Gasteiger partial charge is 0.0491 e. The maximum atomic E-state index is 4.74. The van der Waals surface area contributed by atoms with Gasteiger partial charge in [0.1, 0.15) is 0 Å². The van der Waals surface area contributed by atoms with Crippen LogP contribution in [0.5, 0.6) is 0 Å². The fraction of sp³-hybridized carbons (Fsp3) is 0.769. The van der Waals surface area contributed by atoms with Crippen LogP contribution in [-0.4, -0.2) is 37.3 Å². The molecule has 0 bridgehead atoms. The molecule has 0 aromatic carbocycles. The van der Waals surface area contributed by atoms with Crippen molar-refractivity contribution in [2.24, 2.45) is 10.4 Å². The monoisotopic (exact) mass is 206 g/mol. The van der Waals surface area contributed by atoms with Crippen LogP contribution in [0, 0.1) is 5.41 Å². The van der Waals surface area contributed by atoms with Crippen LogP contribution < -0.4 is 0 Å². The third-order valence-corrected chi connectivity index (χ3v) is 4.02. The Hall–Kier alpha value is -0.630. The van der Waals surface area contributed by atoms with E-state index in [0.29, 0.717) is 5.41 Å². The molecular weight excluding hydrogens is 184 g/mol. The normalized spacial score (nSPS) is 28.7. The molecule has 1 spiro atoms. The van der Waals surface area contributed by atoms with Crippen LogP contribution in [0.1, 0.15) is 33.1 Å². The molecule has 2 nitrogen and oxygen atoms in total. The van der Waals surface area contributed by atoms with Crippen LogP contribution in [0.2, 0.25) is 0 Å². The van der Waals surface area contributed by atoms with Gasteiger partial charge < -0.3 is 4.90 Å². The highest BCUT2D eigenvalue weighted by molar-refractivity contribution is 6.02. The summed E-state index contributed by atoms with van der Waals surface area (Å²) in [5.41, 5.74) is 3.33. The molecule has 0 atom stereocenters. The second-order valence-electron chi connectivity index (χ2n) is 4.90. The Kier molecular flexibility index (Phi) is 2.96. The molecule has 2 heterocycles. The van der Waals surface area contributed by atoms with E-state index in [1.54, 1.807) is 5.57 Å². The summed E-state index contributed by atoms with van der Waals surface area (Å²) in [5, 5.41) is 0. The minimum absolute atomic E-state index is 0.409. The Morgan fingerprint density at radius 3 is 2.60 bits per heavy atom. The van der Waals surface area contributed by atoms with Gasteiger partial charge in [0.2, 0.25) is 0 Å². The Balaban J connectivity index is 2.18. The lowest BCUT2D eigenvalue weighted by Gasteiger charge is -2.38. The van der Waals surface area contributed by atoms with Crippen LogP contribution in [0.25, 0.3) is 0 Å². The summed E-state index contributed by atoms with van der Waals surface area (Å²) in [6.07, 6.45) is 5.98. The number of likely N-dealkylation sites (tertiary alicyclic amines) is 1. The van der Waals surface area contributed by atoms with Gasteiger partial charge >= 0.3 is 0 Å². The lowest BCUT2D eigenvalue weighted by molar-refractivity contribution is 0.171. The van der Waals surface area contributed by atoms with Crippen molar-refractivity contribution in [2.75, 3.05) is 26.7 Å². The summed E-state index contributed by atoms with van der Waals surface area (Å²) in [5.74, 6) is 0. The van der Waals surface area contributed by atoms with E-state index in [0.717, 1.165) is 13.0 Å². The predicted molar refractivity (Wildman–Crippen MR) is 65.5 cm³/mol. The highest BCUT2D eigenvalue weighted by Crippen LogP contribution is 2.43. The van der Waals surface area contributed by atoms with Crippen molar-refractivity contribution in [1.82, 2.24) is 4.90 Å². The molecule has 0 unspecified atom stereocenters. The molecule has 15 heavy (non-hydrogen) atoms. The van der Waals surface area contributed by atoms with Gasteiger partial charge in [-0.2, -0.15) is 0 Å². The summed E-state index contributed by atoms with van der Waals surface area (Å²) >= 11 is 0. The van der Waals surface area contributed by atoms with E-state index in [4.69, 9.17) is 4.99 Å². The zero-order valence-electron chi connectivity index (χ0n) is 10.2. The number of hydrogen-bond acceptors (Lipinski definition) is 2. The molecule has 1 fully saturated rings. The van der Waals surface area contributed by atoms with Gasteiger partial charge in [-0.25, -0.2) is 0 Å². The third kappa shape index (κ3) is 1.76. The van der Waals surface area contributed by atoms with E-state index >= 15 is 0 Å². The molecule has 0 amide bonds. The molecule has 1 saturated heterocycles. The van der Waals surface area contributed by atoms with E-state index in [1.165, 1.54) is 31.6 Å². The van der Waals surface area contributed by atoms with Crippen LogP contribution in [-0.2, 0) is 0 Å². The standard InChI is InChI=1S/C13H22N2/c1-4-11-12(5-2)14-10-13(11)6-8-15(3)9-7-13/h4H,5-10H2,1-3H3/b11-4+. The second-order valence-corrected chi connectivity index (χ2v) is 4.90. The largest absolute Gasteiger partial charge is 0.306 e. The lowest BCUT2D eigenvalue weighted by atomic mass is 9.72. The number of piperidine rings is 1. The van der Waals surface area contributed by atoms with E-state index < -0.39 is 0 Å². The van der Waals surface area contributed by atoms with Crippen LogP contribution in [0.15, 0.2) is 16.6 Å². The molecule has 0 aromatic heterocycles. The van der Waals surface area contributed by atoms with Gasteiger partial charge in [0, 0.05) is 17.7 Å². The fourth-order valence-electron chi connectivity index (χ4n) is 2.97. The first-order valence-corrected chi connectivity index (χ1v) is 6.11. The summed E-state index contributed by atoms with van der Waals surface area (Å²) < 4.78 is 0. The summed E-state index contributed by atoms with van der Waals surface area (Å²) in [6.45, 7) is 7.89. The summed E-state index contributed by atoms with van der Waals surface area (Å²) in [6, 6.07) is 0. The van der Waals surface area contributed by atoms with E-state index in [9.17, 15) is 0 Å². The van der Waals surface area contributed by atoms with Crippen LogP contribution >= 0.6 is 0 Å². The second kappa shape index (κ2) is 4.09. The lowest BCUT2D eigenvalue weighted by Crippen LogP contribution is -2.40. The van der Waals surface area contributed by atoms with Crippen molar-refractivity contribution >= 4 is 5.71 Å². The zero-order chi connectivity index (χ0) is 10.9. The van der Waals surface area contributed by atoms with Crippen molar-refractivity contribution in [3.63, 3.8) is 0 Å². The molecule has 2 aliphatic rings. The Morgan fingerprint density at radius 1 is 1.40 bits per heavy atom. The molecule has 0 aliphatic carbocycles. The van der Waals surface area contributed by atoms with Crippen LogP contribution in [0.3, 0.4) is 0 Å². The molecule has 2 rings (SSSR count). The molecular formula is C13H22N2. The number of aliphatic imine (C=N–C) groups is 1. The van der Waals surface area contributed by atoms with Gasteiger partial charge in [0.05, 0.1) is 0 Å². The predicted octanol–water partition coefficient (Wildman–Crippen LogP) is 2.51. The first-order chi connectivity index (χ1) is 7.22. The van der Waals surface area contributed by atoms with Gasteiger partial charge in [-0.3, -0.25) is 4.99 Å². The Bertz CT molecular complexity index is 294. The van der Waals surface area contributed by atoms with Crippen LogP contribution in [0.4, 0.5) is 0 Å². The zero-order valence-corrected chi connectivity index (χ0v) is 10.2. The first kappa shape index (κ1) is 10.9. The minimum Gasteiger partial charge on any atom is -0.306 e. The molecule has 0 saturated carbocycles. The maximum absolute atomic E-state index is 4.74. The summed E-state index contributed by atoms with van der Waals surface area (Å²) in [7, 11) is 2.22. The SMILES string of the molecule is C/C=C1\C(CC)=NCC12CCN(C)CC2. The molecule has 0 radical (unpaired) electrons. The van der Waals surface area contributed by atoms with Crippen molar-refractivity contribution in [3.05, 3.63) is 11.6 Å². The van der Waals surface area contributed by atoms with E-state index in [-0.39, 0.29) is 0 Å². The Morgan fingerprint density at radius 2 is 2.07 bits per heavy atom. The molecule has 2 heteroatoms. The third-order valence-electron chi connectivity index (χ3n) is 4.02. The minimum atomic E-state index is 0.409. The first-order valence-electron chi connectivity index (χ1n) is 6.11. The molecule has 84 valence electrons. The molecule has 0 aromatic rings. The highest BCUT2D eigenvalue weighted by Gasteiger charge is 2.41. The number of rotatable bonds is 1. The van der Waals surface area contributed by atoms with Crippen molar-refractivity contribution in [2.45, 2.75) is 33.1 Å². The van der Waals surface area contributed by atoms with Crippen molar-refractivity contribution < 1.29 is 0 Å². The topological polar surface area (TPSA) is 15.6 Å². The van der Waals surface area contributed by atoms with Crippen molar-refractivity contribution in [3.8, 4) is 0 Å². The van der Waals surface area contributed by atoms with Gasteiger partial charge in [0.25, 0.3) is 0 Å². The average molecular weight is 206 g/mol. The average Bonchev–Trinajstić information content (AvgIpc) is 2.61. The number of hydrogen-bond donors (Lipinski definition) is 0. The van der Waals surface area contributed by atoms with Crippen molar-refractivity contribution in [1.29, 1.82) is 0 Å². The van der Waals surface area contributed by atoms with Gasteiger partial charge in [-0.05, 0) is 51.9 Å². The number of allylic oxidation sites excluding steroid dienone is 1. The molecule has 0 N–H and O–H groups in total. The summed E-state index contributed by atoms with van der Waals surface area (Å²) in [4.78, 5) is 7.17. The highest BCUT2D eigenvalue weighted by atomic mass is 15.1.